The normalized spacial score (nSPS) is 20.9. The van der Waals surface area contributed by atoms with Crippen LogP contribution in [0.5, 0.6) is 11.5 Å². The molecule has 1 fully saturated rings. The van der Waals surface area contributed by atoms with Crippen molar-refractivity contribution < 1.29 is 14.3 Å². The molecule has 2 aliphatic rings. The first-order valence-corrected chi connectivity index (χ1v) is 11.5. The summed E-state index contributed by atoms with van der Waals surface area (Å²) >= 11 is 5.09. The van der Waals surface area contributed by atoms with Gasteiger partial charge >= 0.3 is 0 Å². The van der Waals surface area contributed by atoms with Gasteiger partial charge in [-0.1, -0.05) is 52.0 Å². The summed E-state index contributed by atoms with van der Waals surface area (Å²) in [5.74, 6) is 1.36. The Balaban J connectivity index is 1.84. The molecule has 1 unspecified atom stereocenters. The number of benzene rings is 2. The molecule has 0 bridgehead atoms. The zero-order chi connectivity index (χ0) is 23.3. The van der Waals surface area contributed by atoms with E-state index in [2.05, 4.69) is 56.5 Å². The maximum atomic E-state index is 12.2. The molecule has 0 saturated carbocycles. The van der Waals surface area contributed by atoms with Crippen LogP contribution >= 0.6 is 12.2 Å². The van der Waals surface area contributed by atoms with Crippen molar-refractivity contribution in [1.82, 2.24) is 10.6 Å². The minimum absolute atomic E-state index is 0.0977. The average molecular weight is 453 g/mol. The molecule has 2 N–H and O–H groups in total. The number of methoxy groups -OCH3 is 2. The van der Waals surface area contributed by atoms with E-state index in [0.717, 1.165) is 34.6 Å². The maximum Gasteiger partial charge on any atom is 0.249 e. The van der Waals surface area contributed by atoms with E-state index in [9.17, 15) is 4.79 Å². The summed E-state index contributed by atoms with van der Waals surface area (Å²) in [5, 5.41) is 6.06. The molecular formula is C26H32N2O3S. The molecule has 0 spiro atoms. The molecular weight excluding hydrogens is 420 g/mol. The van der Waals surface area contributed by atoms with Crippen LogP contribution in [0.4, 0.5) is 0 Å². The van der Waals surface area contributed by atoms with Gasteiger partial charge in [0.05, 0.1) is 19.8 Å². The van der Waals surface area contributed by atoms with Crippen LogP contribution in [-0.2, 0) is 22.0 Å². The number of nitrogens with one attached hydrogen (secondary N) is 2. The summed E-state index contributed by atoms with van der Waals surface area (Å²) in [6.07, 6.45) is 2.79. The van der Waals surface area contributed by atoms with Crippen LogP contribution in [0.1, 0.15) is 57.2 Å². The predicted octanol–water partition coefficient (Wildman–Crippen LogP) is 4.64. The molecule has 1 aliphatic heterocycles. The summed E-state index contributed by atoms with van der Waals surface area (Å²) in [7, 11) is 3.34. The van der Waals surface area contributed by atoms with Crippen LogP contribution in [0.2, 0.25) is 0 Å². The Kier molecular flexibility index (Phi) is 5.70. The third-order valence-electron chi connectivity index (χ3n) is 7.05. The lowest BCUT2D eigenvalue weighted by Gasteiger charge is -2.42. The van der Waals surface area contributed by atoms with Gasteiger partial charge in [-0.2, -0.15) is 0 Å². The second-order valence-corrected chi connectivity index (χ2v) is 10.5. The third-order valence-corrected chi connectivity index (χ3v) is 7.27. The SMILES string of the molecule is COc1ccc(CC2NC(=S)NC2=O)c(OC)c1-c1ccc2c(c1)C(C)(C)CCC2(C)C. The molecule has 0 aromatic heterocycles. The monoisotopic (exact) mass is 452 g/mol. The summed E-state index contributed by atoms with van der Waals surface area (Å²) in [6.45, 7) is 9.30. The lowest BCUT2D eigenvalue weighted by molar-refractivity contribution is -0.120. The molecule has 6 heteroatoms. The number of carbonyl (C=O) groups is 1. The van der Waals surface area contributed by atoms with Crippen LogP contribution in [0.3, 0.4) is 0 Å². The average Bonchev–Trinajstić information content (AvgIpc) is 3.07. The van der Waals surface area contributed by atoms with Gasteiger partial charge in [0.25, 0.3) is 0 Å². The first-order valence-electron chi connectivity index (χ1n) is 11.1. The molecule has 1 heterocycles. The standard InChI is InChI=1S/C26H32N2O3S/c1-25(2)11-12-26(3,4)18-13-15(7-9-17(18)25)21-20(30-5)10-8-16(22(21)31-6)14-19-23(29)28-24(32)27-19/h7-10,13,19H,11-12,14H2,1-6H3,(H2,27,28,29,32). The van der Waals surface area contributed by atoms with Crippen molar-refractivity contribution >= 4 is 23.2 Å². The van der Waals surface area contributed by atoms with Crippen molar-refractivity contribution in [3.63, 3.8) is 0 Å². The third kappa shape index (κ3) is 3.85. The Labute approximate surface area is 195 Å². The van der Waals surface area contributed by atoms with E-state index in [1.807, 2.05) is 12.1 Å². The fourth-order valence-corrected chi connectivity index (χ4v) is 5.25. The van der Waals surface area contributed by atoms with Crippen LogP contribution in [0, 0.1) is 0 Å². The van der Waals surface area contributed by atoms with E-state index in [0.29, 0.717) is 11.5 Å². The zero-order valence-corrected chi connectivity index (χ0v) is 20.5. The van der Waals surface area contributed by atoms with E-state index in [4.69, 9.17) is 21.7 Å². The van der Waals surface area contributed by atoms with Gasteiger partial charge in [0, 0.05) is 6.42 Å². The Morgan fingerprint density at radius 3 is 2.28 bits per heavy atom. The highest BCUT2D eigenvalue weighted by Crippen LogP contribution is 2.49. The lowest BCUT2D eigenvalue weighted by atomic mass is 9.63. The van der Waals surface area contributed by atoms with Crippen molar-refractivity contribution in [3.05, 3.63) is 47.0 Å². The summed E-state index contributed by atoms with van der Waals surface area (Å²) in [6, 6.07) is 10.2. The molecule has 32 heavy (non-hydrogen) atoms. The number of amides is 1. The van der Waals surface area contributed by atoms with Crippen LogP contribution in [0.25, 0.3) is 11.1 Å². The minimum Gasteiger partial charge on any atom is -0.496 e. The number of carbonyl (C=O) groups excluding carboxylic acids is 1. The van der Waals surface area contributed by atoms with Crippen molar-refractivity contribution in [2.45, 2.75) is 63.8 Å². The molecule has 1 amide bonds. The van der Waals surface area contributed by atoms with E-state index in [1.54, 1.807) is 14.2 Å². The molecule has 5 nitrogen and oxygen atoms in total. The van der Waals surface area contributed by atoms with E-state index in [-0.39, 0.29) is 16.7 Å². The van der Waals surface area contributed by atoms with E-state index in [1.165, 1.54) is 17.5 Å². The van der Waals surface area contributed by atoms with Gasteiger partial charge in [0.2, 0.25) is 5.91 Å². The zero-order valence-electron chi connectivity index (χ0n) is 19.7. The number of ether oxygens (including phenoxy) is 2. The van der Waals surface area contributed by atoms with Crippen molar-refractivity contribution in [2.75, 3.05) is 14.2 Å². The Morgan fingerprint density at radius 2 is 1.69 bits per heavy atom. The quantitative estimate of drug-likeness (QED) is 0.648. The molecule has 0 radical (unpaired) electrons. The summed E-state index contributed by atoms with van der Waals surface area (Å²) in [5.41, 5.74) is 5.94. The number of rotatable bonds is 5. The van der Waals surface area contributed by atoms with Crippen LogP contribution < -0.4 is 20.1 Å². The fourth-order valence-electron chi connectivity index (χ4n) is 5.01. The van der Waals surface area contributed by atoms with Crippen molar-refractivity contribution in [2.24, 2.45) is 0 Å². The molecule has 1 saturated heterocycles. The fraction of sp³-hybridized carbons (Fsp3) is 0.462. The second-order valence-electron chi connectivity index (χ2n) is 10.1. The predicted molar refractivity (Wildman–Crippen MR) is 132 cm³/mol. The Morgan fingerprint density at radius 1 is 1.00 bits per heavy atom. The van der Waals surface area contributed by atoms with Crippen molar-refractivity contribution in [1.29, 1.82) is 0 Å². The van der Waals surface area contributed by atoms with Gasteiger partial charge < -0.3 is 20.1 Å². The number of thiocarbonyl (C=S) groups is 1. The van der Waals surface area contributed by atoms with Gasteiger partial charge in [-0.15, -0.1) is 0 Å². The van der Waals surface area contributed by atoms with Gasteiger partial charge in [-0.3, -0.25) is 4.79 Å². The molecule has 170 valence electrons. The minimum atomic E-state index is -0.416. The molecule has 2 aromatic carbocycles. The lowest BCUT2D eigenvalue weighted by Crippen LogP contribution is -2.33. The van der Waals surface area contributed by atoms with Gasteiger partial charge in [-0.05, 0) is 64.2 Å². The van der Waals surface area contributed by atoms with Crippen molar-refractivity contribution in [3.8, 4) is 22.6 Å². The Hall–Kier alpha value is -2.60. The van der Waals surface area contributed by atoms with Crippen LogP contribution in [0.15, 0.2) is 30.3 Å². The molecule has 1 atom stereocenters. The highest BCUT2D eigenvalue weighted by atomic mass is 32.1. The summed E-state index contributed by atoms with van der Waals surface area (Å²) < 4.78 is 11.7. The number of hydrogen-bond acceptors (Lipinski definition) is 4. The van der Waals surface area contributed by atoms with Gasteiger partial charge in [-0.25, -0.2) is 0 Å². The number of fused-ring (bicyclic) bond motifs is 1. The molecule has 2 aromatic rings. The van der Waals surface area contributed by atoms with Gasteiger partial charge in [0.15, 0.2) is 5.11 Å². The first-order chi connectivity index (χ1) is 15.1. The highest BCUT2D eigenvalue weighted by molar-refractivity contribution is 7.80. The first kappa shape index (κ1) is 22.6. The highest BCUT2D eigenvalue weighted by Gasteiger charge is 2.37. The smallest absolute Gasteiger partial charge is 0.249 e. The van der Waals surface area contributed by atoms with Crippen LogP contribution in [-0.4, -0.2) is 31.3 Å². The van der Waals surface area contributed by atoms with Gasteiger partial charge in [0.1, 0.15) is 17.5 Å². The van der Waals surface area contributed by atoms with E-state index >= 15 is 0 Å². The Bertz CT molecular complexity index is 1090. The van der Waals surface area contributed by atoms with E-state index < -0.39 is 6.04 Å². The topological polar surface area (TPSA) is 59.6 Å². The molecule has 1 aliphatic carbocycles. The maximum absolute atomic E-state index is 12.2. The largest absolute Gasteiger partial charge is 0.496 e. The summed E-state index contributed by atoms with van der Waals surface area (Å²) in [4.78, 5) is 12.2. The molecule has 4 rings (SSSR count). The number of hydrogen-bond donors (Lipinski definition) is 2. The second kappa shape index (κ2) is 8.07.